The minimum atomic E-state index is 0.764. The molecule has 0 saturated heterocycles. The average molecular weight is 169 g/mol. The van der Waals surface area contributed by atoms with Crippen molar-refractivity contribution >= 4 is 0 Å². The summed E-state index contributed by atoms with van der Waals surface area (Å²) in [5.41, 5.74) is 0. The Labute approximate surface area is 76.9 Å². The second-order valence-electron chi connectivity index (χ2n) is 4.44. The minimum absolute atomic E-state index is 0.764. The van der Waals surface area contributed by atoms with Gasteiger partial charge in [0.1, 0.15) is 0 Å². The van der Waals surface area contributed by atoms with Gasteiger partial charge in [0.15, 0.2) is 0 Å². The van der Waals surface area contributed by atoms with Gasteiger partial charge in [-0.1, -0.05) is 40.0 Å². The first kappa shape index (κ1) is 10.0. The van der Waals surface area contributed by atoms with Gasteiger partial charge in [-0.25, -0.2) is 0 Å². The van der Waals surface area contributed by atoms with Crippen molar-refractivity contribution in [3.63, 3.8) is 0 Å². The molecule has 1 aliphatic carbocycles. The molecule has 0 aromatic carbocycles. The van der Waals surface area contributed by atoms with Crippen LogP contribution in [0, 0.1) is 11.8 Å². The summed E-state index contributed by atoms with van der Waals surface area (Å²) in [6.45, 7) is 7.98. The van der Waals surface area contributed by atoms with Crippen molar-refractivity contribution in [3.8, 4) is 0 Å². The molecule has 0 heterocycles. The van der Waals surface area contributed by atoms with Gasteiger partial charge in [0.05, 0.1) is 0 Å². The summed E-state index contributed by atoms with van der Waals surface area (Å²) in [4.78, 5) is 0. The van der Waals surface area contributed by atoms with E-state index < -0.39 is 0 Å². The molecule has 1 saturated carbocycles. The summed E-state index contributed by atoms with van der Waals surface area (Å²) >= 11 is 0. The van der Waals surface area contributed by atoms with Gasteiger partial charge in [0.2, 0.25) is 0 Å². The monoisotopic (exact) mass is 169 g/mol. The fourth-order valence-electron chi connectivity index (χ4n) is 1.94. The second-order valence-corrected chi connectivity index (χ2v) is 4.44. The van der Waals surface area contributed by atoms with E-state index >= 15 is 0 Å². The number of rotatable bonds is 5. The number of hydrogen-bond acceptors (Lipinski definition) is 1. The van der Waals surface area contributed by atoms with E-state index in [4.69, 9.17) is 0 Å². The molecular weight excluding hydrogens is 146 g/mol. The highest BCUT2D eigenvalue weighted by Gasteiger charge is 2.22. The Morgan fingerprint density at radius 1 is 1.33 bits per heavy atom. The fourth-order valence-corrected chi connectivity index (χ4v) is 1.94. The van der Waals surface area contributed by atoms with Gasteiger partial charge >= 0.3 is 0 Å². The molecule has 0 amide bonds. The van der Waals surface area contributed by atoms with Gasteiger partial charge in [-0.15, -0.1) is 0 Å². The zero-order chi connectivity index (χ0) is 8.97. The van der Waals surface area contributed by atoms with E-state index in [1.807, 2.05) is 0 Å². The predicted molar refractivity (Wildman–Crippen MR) is 54.3 cm³/mol. The van der Waals surface area contributed by atoms with Crippen LogP contribution in [0.5, 0.6) is 0 Å². The molecule has 0 spiro atoms. The highest BCUT2D eigenvalue weighted by molar-refractivity contribution is 4.78. The third kappa shape index (κ3) is 2.78. The van der Waals surface area contributed by atoms with E-state index in [1.165, 1.54) is 25.7 Å². The van der Waals surface area contributed by atoms with E-state index in [9.17, 15) is 0 Å². The van der Waals surface area contributed by atoms with Gasteiger partial charge in [-0.05, 0) is 24.8 Å². The summed E-state index contributed by atoms with van der Waals surface area (Å²) in [7, 11) is 0. The Hall–Kier alpha value is -0.0400. The Morgan fingerprint density at radius 2 is 2.00 bits per heavy atom. The molecule has 1 unspecified atom stereocenters. The smallest absolute Gasteiger partial charge is 0.00925 e. The predicted octanol–water partition coefficient (Wildman–Crippen LogP) is 2.81. The Morgan fingerprint density at radius 3 is 2.33 bits per heavy atom. The van der Waals surface area contributed by atoms with Crippen LogP contribution >= 0.6 is 0 Å². The molecule has 1 N–H and O–H groups in total. The van der Waals surface area contributed by atoms with Crippen LogP contribution in [-0.2, 0) is 0 Å². The standard InChI is InChI=1S/C11H23N/c1-4-12-11(9(2)3)8-10-6-5-7-10/h9-12H,4-8H2,1-3H3. The van der Waals surface area contributed by atoms with Gasteiger partial charge in [0.25, 0.3) is 0 Å². The highest BCUT2D eigenvalue weighted by atomic mass is 14.9. The molecule has 0 bridgehead atoms. The molecule has 1 rings (SSSR count). The lowest BCUT2D eigenvalue weighted by atomic mass is 9.79. The van der Waals surface area contributed by atoms with Gasteiger partial charge < -0.3 is 5.32 Å². The van der Waals surface area contributed by atoms with E-state index in [1.54, 1.807) is 0 Å². The zero-order valence-corrected chi connectivity index (χ0v) is 8.77. The molecule has 0 aromatic heterocycles. The van der Waals surface area contributed by atoms with Crippen LogP contribution in [0.15, 0.2) is 0 Å². The second kappa shape index (κ2) is 4.86. The van der Waals surface area contributed by atoms with Crippen molar-refractivity contribution in [1.29, 1.82) is 0 Å². The van der Waals surface area contributed by atoms with Crippen molar-refractivity contribution in [1.82, 2.24) is 5.32 Å². The summed E-state index contributed by atoms with van der Waals surface area (Å²) in [5.74, 6) is 1.84. The largest absolute Gasteiger partial charge is 0.314 e. The van der Waals surface area contributed by atoms with Gasteiger partial charge in [-0.2, -0.15) is 0 Å². The van der Waals surface area contributed by atoms with E-state index in [-0.39, 0.29) is 0 Å². The molecule has 0 radical (unpaired) electrons. The van der Waals surface area contributed by atoms with Crippen LogP contribution in [0.25, 0.3) is 0 Å². The maximum absolute atomic E-state index is 3.58. The summed E-state index contributed by atoms with van der Waals surface area (Å²) in [6.07, 6.45) is 5.84. The minimum Gasteiger partial charge on any atom is -0.314 e. The van der Waals surface area contributed by atoms with E-state index in [0.717, 1.165) is 24.4 Å². The fraction of sp³-hybridized carbons (Fsp3) is 1.00. The topological polar surface area (TPSA) is 12.0 Å². The van der Waals surface area contributed by atoms with Crippen molar-refractivity contribution in [2.45, 2.75) is 52.5 Å². The lowest BCUT2D eigenvalue weighted by Crippen LogP contribution is -2.36. The maximum atomic E-state index is 3.58. The molecule has 1 nitrogen and oxygen atoms in total. The lowest BCUT2D eigenvalue weighted by molar-refractivity contribution is 0.235. The Bertz CT molecular complexity index is 116. The third-order valence-corrected chi connectivity index (χ3v) is 3.08. The molecule has 1 heteroatoms. The van der Waals surface area contributed by atoms with E-state index in [0.29, 0.717) is 0 Å². The molecule has 72 valence electrons. The van der Waals surface area contributed by atoms with Crippen LogP contribution in [0.4, 0.5) is 0 Å². The van der Waals surface area contributed by atoms with Crippen molar-refractivity contribution in [2.24, 2.45) is 11.8 Å². The summed E-state index contributed by atoms with van der Waals surface area (Å²) < 4.78 is 0. The van der Waals surface area contributed by atoms with Crippen molar-refractivity contribution in [2.75, 3.05) is 6.54 Å². The quantitative estimate of drug-likeness (QED) is 0.667. The maximum Gasteiger partial charge on any atom is 0.00925 e. The SMILES string of the molecule is CCNC(CC1CCC1)C(C)C. The van der Waals surface area contributed by atoms with Crippen LogP contribution in [-0.4, -0.2) is 12.6 Å². The molecule has 1 fully saturated rings. The van der Waals surface area contributed by atoms with Gasteiger partial charge in [0, 0.05) is 6.04 Å². The summed E-state index contributed by atoms with van der Waals surface area (Å²) in [6, 6.07) is 0.764. The van der Waals surface area contributed by atoms with Crippen LogP contribution in [0.1, 0.15) is 46.5 Å². The van der Waals surface area contributed by atoms with Crippen LogP contribution < -0.4 is 5.32 Å². The van der Waals surface area contributed by atoms with Crippen molar-refractivity contribution < 1.29 is 0 Å². The lowest BCUT2D eigenvalue weighted by Gasteiger charge is -2.32. The van der Waals surface area contributed by atoms with Crippen LogP contribution in [0.2, 0.25) is 0 Å². The normalized spacial score (nSPS) is 21.0. The first-order chi connectivity index (χ1) is 5.74. The van der Waals surface area contributed by atoms with Crippen molar-refractivity contribution in [3.05, 3.63) is 0 Å². The van der Waals surface area contributed by atoms with Gasteiger partial charge in [-0.3, -0.25) is 0 Å². The molecule has 1 aliphatic rings. The summed E-state index contributed by atoms with van der Waals surface area (Å²) in [5, 5.41) is 3.58. The number of hydrogen-bond donors (Lipinski definition) is 1. The van der Waals surface area contributed by atoms with Crippen LogP contribution in [0.3, 0.4) is 0 Å². The first-order valence-corrected chi connectivity index (χ1v) is 5.47. The molecule has 0 aliphatic heterocycles. The average Bonchev–Trinajstić information content (AvgIpc) is 1.93. The molecule has 12 heavy (non-hydrogen) atoms. The first-order valence-electron chi connectivity index (χ1n) is 5.47. The third-order valence-electron chi connectivity index (χ3n) is 3.08. The number of nitrogens with one attached hydrogen (secondary N) is 1. The van der Waals surface area contributed by atoms with E-state index in [2.05, 4.69) is 26.1 Å². The molecular formula is C11H23N. The zero-order valence-electron chi connectivity index (χ0n) is 8.77. The Kier molecular flexibility index (Phi) is 4.07. The molecule has 0 aromatic rings. The Balaban J connectivity index is 2.21. The molecule has 1 atom stereocenters. The highest BCUT2D eigenvalue weighted by Crippen LogP contribution is 2.31.